The summed E-state index contributed by atoms with van der Waals surface area (Å²) >= 11 is 1.46. The number of nitrogens with zero attached hydrogens (tertiary/aromatic N) is 2. The molecule has 1 aromatic carbocycles. The Morgan fingerprint density at radius 1 is 1.32 bits per heavy atom. The van der Waals surface area contributed by atoms with E-state index in [0.717, 1.165) is 17.0 Å². The van der Waals surface area contributed by atoms with Gasteiger partial charge in [0.25, 0.3) is 5.91 Å². The van der Waals surface area contributed by atoms with Gasteiger partial charge in [-0.25, -0.2) is 8.78 Å². The molecule has 0 radical (unpaired) electrons. The molecule has 0 aliphatic carbocycles. The summed E-state index contributed by atoms with van der Waals surface area (Å²) in [6, 6.07) is 6.43. The molecule has 0 atom stereocenters. The number of hydrogen-bond acceptors (Lipinski definition) is 5. The van der Waals surface area contributed by atoms with Crippen LogP contribution in [0.15, 0.2) is 40.2 Å². The average molecular weight is 321 g/mol. The number of thiophene rings is 1. The Balaban J connectivity index is 1.66. The van der Waals surface area contributed by atoms with Crippen molar-refractivity contribution < 1.29 is 18.1 Å². The zero-order valence-electron chi connectivity index (χ0n) is 11.0. The minimum absolute atomic E-state index is 0.0476. The Hall–Kier alpha value is -2.61. The van der Waals surface area contributed by atoms with Crippen LogP contribution in [-0.2, 0) is 6.54 Å². The van der Waals surface area contributed by atoms with Crippen LogP contribution in [0.2, 0.25) is 0 Å². The molecule has 0 spiro atoms. The quantitative estimate of drug-likeness (QED) is 0.802. The predicted molar refractivity (Wildman–Crippen MR) is 75.1 cm³/mol. The van der Waals surface area contributed by atoms with E-state index in [0.29, 0.717) is 11.9 Å². The molecule has 3 rings (SSSR count). The molecule has 3 aromatic rings. The highest BCUT2D eigenvalue weighted by atomic mass is 32.1. The van der Waals surface area contributed by atoms with Crippen LogP contribution in [0.1, 0.15) is 16.2 Å². The van der Waals surface area contributed by atoms with E-state index < -0.39 is 17.5 Å². The monoisotopic (exact) mass is 321 g/mol. The average Bonchev–Trinajstić information content (AvgIpc) is 3.16. The molecule has 5 nitrogen and oxygen atoms in total. The van der Waals surface area contributed by atoms with Crippen molar-refractivity contribution in [1.29, 1.82) is 0 Å². The lowest BCUT2D eigenvalue weighted by Crippen LogP contribution is -2.24. The fourth-order valence-corrected chi connectivity index (χ4v) is 2.41. The first-order chi connectivity index (χ1) is 10.6. The molecule has 0 aliphatic heterocycles. The van der Waals surface area contributed by atoms with Gasteiger partial charge in [-0.3, -0.25) is 4.79 Å². The van der Waals surface area contributed by atoms with Crippen molar-refractivity contribution >= 4 is 17.2 Å². The first-order valence-electron chi connectivity index (χ1n) is 6.23. The van der Waals surface area contributed by atoms with Crippen LogP contribution in [0, 0.1) is 11.6 Å². The largest absolute Gasteiger partial charge is 0.343 e. The van der Waals surface area contributed by atoms with E-state index in [1.54, 1.807) is 0 Å². The zero-order chi connectivity index (χ0) is 15.5. The smallest absolute Gasteiger partial charge is 0.254 e. The normalized spacial score (nSPS) is 10.6. The molecule has 1 amide bonds. The molecule has 0 aliphatic rings. The lowest BCUT2D eigenvalue weighted by molar-refractivity contribution is 0.0942. The summed E-state index contributed by atoms with van der Waals surface area (Å²) in [5, 5.41) is 8.11. The molecule has 8 heteroatoms. The summed E-state index contributed by atoms with van der Waals surface area (Å²) < 4.78 is 31.3. The maximum absolute atomic E-state index is 13.5. The van der Waals surface area contributed by atoms with Crippen molar-refractivity contribution in [2.45, 2.75) is 6.54 Å². The van der Waals surface area contributed by atoms with Gasteiger partial charge >= 0.3 is 0 Å². The predicted octanol–water partition coefficient (Wildman–Crippen LogP) is 3.01. The first kappa shape index (κ1) is 14.3. The molecule has 0 fully saturated rings. The Kier molecular flexibility index (Phi) is 3.92. The zero-order valence-corrected chi connectivity index (χ0v) is 11.9. The standard InChI is InChI=1S/C14H9F2N3O2S/c15-8-3-4-9(10(16)6-8)14(20)17-7-12-18-13(19-21-12)11-2-1-5-22-11/h1-6H,7H2,(H,17,20). The molecule has 2 heterocycles. The minimum atomic E-state index is -0.928. The van der Waals surface area contributed by atoms with Gasteiger partial charge in [0.2, 0.25) is 11.7 Å². The number of carbonyl (C=O) groups excluding carboxylic acids is 1. The highest BCUT2D eigenvalue weighted by Crippen LogP contribution is 2.21. The highest BCUT2D eigenvalue weighted by Gasteiger charge is 2.14. The van der Waals surface area contributed by atoms with Crippen molar-refractivity contribution in [3.63, 3.8) is 0 Å². The summed E-state index contributed by atoms with van der Waals surface area (Å²) in [7, 11) is 0. The van der Waals surface area contributed by atoms with Crippen molar-refractivity contribution in [2.75, 3.05) is 0 Å². The van der Waals surface area contributed by atoms with Crippen LogP contribution in [0.25, 0.3) is 10.7 Å². The summed E-state index contributed by atoms with van der Waals surface area (Å²) in [5.41, 5.74) is -0.251. The molecular formula is C14H9F2N3O2S. The molecule has 0 saturated heterocycles. The number of carbonyl (C=O) groups is 1. The van der Waals surface area contributed by atoms with Crippen LogP contribution in [0.5, 0.6) is 0 Å². The number of benzene rings is 1. The molecule has 112 valence electrons. The molecule has 2 aromatic heterocycles. The molecule has 0 unspecified atom stereocenters. The van der Waals surface area contributed by atoms with Gasteiger partial charge < -0.3 is 9.84 Å². The third-order valence-corrected chi connectivity index (χ3v) is 3.65. The lowest BCUT2D eigenvalue weighted by atomic mass is 10.2. The second-order valence-corrected chi connectivity index (χ2v) is 5.24. The lowest BCUT2D eigenvalue weighted by Gasteiger charge is -2.03. The second kappa shape index (κ2) is 6.02. The summed E-state index contributed by atoms with van der Waals surface area (Å²) in [6.07, 6.45) is 0. The SMILES string of the molecule is O=C(NCc1nc(-c2cccs2)no1)c1ccc(F)cc1F. The number of rotatable bonds is 4. The number of amides is 1. The third-order valence-electron chi connectivity index (χ3n) is 2.79. The van der Waals surface area contributed by atoms with E-state index in [-0.39, 0.29) is 18.0 Å². The van der Waals surface area contributed by atoms with Crippen LogP contribution in [0.3, 0.4) is 0 Å². The van der Waals surface area contributed by atoms with E-state index in [1.807, 2.05) is 17.5 Å². The topological polar surface area (TPSA) is 68.0 Å². The van der Waals surface area contributed by atoms with E-state index in [4.69, 9.17) is 4.52 Å². The molecule has 0 bridgehead atoms. The molecular weight excluding hydrogens is 312 g/mol. The fourth-order valence-electron chi connectivity index (χ4n) is 1.76. The van der Waals surface area contributed by atoms with Gasteiger partial charge in [-0.05, 0) is 23.6 Å². The van der Waals surface area contributed by atoms with E-state index in [2.05, 4.69) is 15.5 Å². The molecule has 1 N–H and O–H groups in total. The van der Waals surface area contributed by atoms with Gasteiger partial charge in [0, 0.05) is 6.07 Å². The number of nitrogens with one attached hydrogen (secondary N) is 1. The van der Waals surface area contributed by atoms with E-state index in [9.17, 15) is 13.6 Å². The number of hydrogen-bond donors (Lipinski definition) is 1. The highest BCUT2D eigenvalue weighted by molar-refractivity contribution is 7.13. The van der Waals surface area contributed by atoms with Gasteiger partial charge in [-0.2, -0.15) is 4.98 Å². The summed E-state index contributed by atoms with van der Waals surface area (Å²) in [6.45, 7) is -0.0476. The van der Waals surface area contributed by atoms with Crippen molar-refractivity contribution in [2.24, 2.45) is 0 Å². The van der Waals surface area contributed by atoms with Crippen LogP contribution in [0.4, 0.5) is 8.78 Å². The van der Waals surface area contributed by atoms with Gasteiger partial charge in [-0.1, -0.05) is 11.2 Å². The Morgan fingerprint density at radius 3 is 2.91 bits per heavy atom. The third kappa shape index (κ3) is 3.01. The van der Waals surface area contributed by atoms with Crippen LogP contribution >= 0.6 is 11.3 Å². The Bertz CT molecular complexity index is 802. The van der Waals surface area contributed by atoms with Gasteiger partial charge in [0.05, 0.1) is 17.0 Å². The number of halogens is 2. The molecule has 0 saturated carbocycles. The second-order valence-electron chi connectivity index (χ2n) is 4.30. The van der Waals surface area contributed by atoms with Gasteiger partial charge in [0.15, 0.2) is 0 Å². The van der Waals surface area contributed by atoms with Crippen molar-refractivity contribution in [3.8, 4) is 10.7 Å². The number of aromatic nitrogens is 2. The maximum Gasteiger partial charge on any atom is 0.254 e. The molecule has 22 heavy (non-hydrogen) atoms. The van der Waals surface area contributed by atoms with E-state index >= 15 is 0 Å². The Labute approximate surface area is 127 Å². The van der Waals surface area contributed by atoms with Gasteiger partial charge in [-0.15, -0.1) is 11.3 Å². The van der Waals surface area contributed by atoms with Crippen molar-refractivity contribution in [1.82, 2.24) is 15.5 Å². The van der Waals surface area contributed by atoms with Crippen molar-refractivity contribution in [3.05, 3.63) is 58.8 Å². The summed E-state index contributed by atoms with van der Waals surface area (Å²) in [4.78, 5) is 16.8. The summed E-state index contributed by atoms with van der Waals surface area (Å²) in [5.74, 6) is -1.74. The maximum atomic E-state index is 13.5. The minimum Gasteiger partial charge on any atom is -0.343 e. The van der Waals surface area contributed by atoms with Crippen LogP contribution in [-0.4, -0.2) is 16.0 Å². The van der Waals surface area contributed by atoms with E-state index in [1.165, 1.54) is 11.3 Å². The first-order valence-corrected chi connectivity index (χ1v) is 7.11. The Morgan fingerprint density at radius 2 is 2.18 bits per heavy atom. The van der Waals surface area contributed by atoms with Crippen LogP contribution < -0.4 is 5.32 Å². The fraction of sp³-hybridized carbons (Fsp3) is 0.0714. The van der Waals surface area contributed by atoms with Gasteiger partial charge in [0.1, 0.15) is 11.6 Å².